The largest absolute Gasteiger partial charge is 0.479 e. The van der Waals surface area contributed by atoms with Crippen molar-refractivity contribution in [3.63, 3.8) is 0 Å². The van der Waals surface area contributed by atoms with E-state index in [1.165, 1.54) is 5.57 Å². The Morgan fingerprint density at radius 1 is 1.46 bits per heavy atom. The summed E-state index contributed by atoms with van der Waals surface area (Å²) in [6, 6.07) is 0.570. The highest BCUT2D eigenvalue weighted by Crippen LogP contribution is 2.33. The number of fused-ring (bicyclic) bond motifs is 3. The van der Waals surface area contributed by atoms with Crippen LogP contribution in [0.4, 0.5) is 0 Å². The second-order valence-electron chi connectivity index (χ2n) is 3.72. The van der Waals surface area contributed by atoms with Gasteiger partial charge in [-0.1, -0.05) is 18.2 Å². The third-order valence-electron chi connectivity index (χ3n) is 2.91. The average molecular weight is 175 g/mol. The summed E-state index contributed by atoms with van der Waals surface area (Å²) in [6.07, 6.45) is 11.1. The SMILES string of the molecule is C1=CCC2C(=C1)C=C1OCCCN12. The number of hydrogen-bond donors (Lipinski definition) is 0. The highest BCUT2D eigenvalue weighted by molar-refractivity contribution is 5.39. The minimum atomic E-state index is 0.570. The van der Waals surface area contributed by atoms with E-state index >= 15 is 0 Å². The third-order valence-corrected chi connectivity index (χ3v) is 2.91. The van der Waals surface area contributed by atoms with E-state index in [2.05, 4.69) is 29.2 Å². The number of hydrogen-bond acceptors (Lipinski definition) is 2. The van der Waals surface area contributed by atoms with Crippen LogP contribution in [-0.4, -0.2) is 24.1 Å². The van der Waals surface area contributed by atoms with E-state index < -0.39 is 0 Å². The van der Waals surface area contributed by atoms with Crippen LogP contribution in [0, 0.1) is 0 Å². The summed E-state index contributed by atoms with van der Waals surface area (Å²) in [5.74, 6) is 1.09. The molecule has 0 bridgehead atoms. The third kappa shape index (κ3) is 1.01. The fourth-order valence-electron chi connectivity index (χ4n) is 2.27. The molecule has 0 amide bonds. The van der Waals surface area contributed by atoms with Crippen molar-refractivity contribution in [2.75, 3.05) is 13.2 Å². The summed E-state index contributed by atoms with van der Waals surface area (Å²) < 4.78 is 5.61. The summed E-state index contributed by atoms with van der Waals surface area (Å²) in [5, 5.41) is 0. The van der Waals surface area contributed by atoms with E-state index in [0.29, 0.717) is 6.04 Å². The molecular weight excluding hydrogens is 162 g/mol. The lowest BCUT2D eigenvalue weighted by Crippen LogP contribution is -2.36. The van der Waals surface area contributed by atoms with Gasteiger partial charge in [-0.25, -0.2) is 0 Å². The minimum absolute atomic E-state index is 0.570. The number of nitrogens with zero attached hydrogens (tertiary/aromatic N) is 1. The zero-order valence-electron chi connectivity index (χ0n) is 7.57. The molecule has 68 valence electrons. The zero-order chi connectivity index (χ0) is 8.67. The van der Waals surface area contributed by atoms with Crippen LogP contribution in [0.3, 0.4) is 0 Å². The molecule has 2 heteroatoms. The Kier molecular flexibility index (Phi) is 1.48. The molecule has 0 aromatic carbocycles. The predicted octanol–water partition coefficient (Wildman–Crippen LogP) is 1.82. The second-order valence-corrected chi connectivity index (χ2v) is 3.72. The van der Waals surface area contributed by atoms with Crippen molar-refractivity contribution in [3.8, 4) is 0 Å². The molecule has 2 nitrogen and oxygen atoms in total. The van der Waals surface area contributed by atoms with Gasteiger partial charge < -0.3 is 9.64 Å². The van der Waals surface area contributed by atoms with Crippen molar-refractivity contribution < 1.29 is 4.74 Å². The van der Waals surface area contributed by atoms with Crippen molar-refractivity contribution in [1.82, 2.24) is 4.90 Å². The Balaban J connectivity index is 1.96. The maximum absolute atomic E-state index is 5.61. The molecule has 1 saturated heterocycles. The molecule has 2 heterocycles. The number of rotatable bonds is 0. The molecule has 0 N–H and O–H groups in total. The minimum Gasteiger partial charge on any atom is -0.479 e. The smallest absolute Gasteiger partial charge is 0.190 e. The van der Waals surface area contributed by atoms with E-state index in [4.69, 9.17) is 4.74 Å². The Labute approximate surface area is 78.2 Å². The van der Waals surface area contributed by atoms with Crippen LogP contribution in [0.1, 0.15) is 12.8 Å². The van der Waals surface area contributed by atoms with Crippen molar-refractivity contribution in [1.29, 1.82) is 0 Å². The van der Waals surface area contributed by atoms with E-state index in [-0.39, 0.29) is 0 Å². The molecule has 1 aliphatic carbocycles. The average Bonchev–Trinajstić information content (AvgIpc) is 2.56. The summed E-state index contributed by atoms with van der Waals surface area (Å²) in [7, 11) is 0. The normalized spacial score (nSPS) is 30.2. The topological polar surface area (TPSA) is 12.5 Å². The highest BCUT2D eigenvalue weighted by atomic mass is 16.5. The van der Waals surface area contributed by atoms with Gasteiger partial charge in [0, 0.05) is 12.6 Å². The van der Waals surface area contributed by atoms with Crippen LogP contribution in [0.5, 0.6) is 0 Å². The molecule has 1 unspecified atom stereocenters. The van der Waals surface area contributed by atoms with Gasteiger partial charge in [-0.3, -0.25) is 0 Å². The first-order chi connectivity index (χ1) is 6.45. The highest BCUT2D eigenvalue weighted by Gasteiger charge is 2.32. The van der Waals surface area contributed by atoms with Crippen molar-refractivity contribution in [2.24, 2.45) is 0 Å². The van der Waals surface area contributed by atoms with Gasteiger partial charge in [0.1, 0.15) is 0 Å². The quantitative estimate of drug-likeness (QED) is 0.557. The molecule has 0 saturated carbocycles. The Bertz CT molecular complexity index is 314. The molecule has 3 rings (SSSR count). The molecule has 0 aromatic heterocycles. The number of ether oxygens (including phenoxy) is 1. The molecule has 3 aliphatic rings. The van der Waals surface area contributed by atoms with Crippen molar-refractivity contribution in [3.05, 3.63) is 35.8 Å². The van der Waals surface area contributed by atoms with Crippen molar-refractivity contribution in [2.45, 2.75) is 18.9 Å². The van der Waals surface area contributed by atoms with Crippen LogP contribution >= 0.6 is 0 Å². The Hall–Kier alpha value is -1.18. The number of allylic oxidation sites excluding steroid dienone is 2. The van der Waals surface area contributed by atoms with E-state index in [9.17, 15) is 0 Å². The fraction of sp³-hybridized carbons (Fsp3) is 0.455. The van der Waals surface area contributed by atoms with Crippen molar-refractivity contribution >= 4 is 0 Å². The van der Waals surface area contributed by atoms with Crippen LogP contribution in [-0.2, 0) is 4.74 Å². The lowest BCUT2D eigenvalue weighted by Gasteiger charge is -2.33. The fourth-order valence-corrected chi connectivity index (χ4v) is 2.27. The summed E-state index contributed by atoms with van der Waals surface area (Å²) in [5.41, 5.74) is 1.42. The van der Waals surface area contributed by atoms with Gasteiger partial charge >= 0.3 is 0 Å². The molecule has 0 aromatic rings. The first-order valence-corrected chi connectivity index (χ1v) is 4.93. The zero-order valence-corrected chi connectivity index (χ0v) is 7.57. The Morgan fingerprint density at radius 2 is 2.46 bits per heavy atom. The monoisotopic (exact) mass is 175 g/mol. The van der Waals surface area contributed by atoms with Crippen LogP contribution < -0.4 is 0 Å². The van der Waals surface area contributed by atoms with Gasteiger partial charge in [-0.2, -0.15) is 0 Å². The first kappa shape index (κ1) is 7.25. The Morgan fingerprint density at radius 3 is 3.46 bits per heavy atom. The molecule has 0 radical (unpaired) electrons. The van der Waals surface area contributed by atoms with E-state index in [1.54, 1.807) is 0 Å². The first-order valence-electron chi connectivity index (χ1n) is 4.93. The maximum Gasteiger partial charge on any atom is 0.190 e. The standard InChI is InChI=1S/C11H13NO/c1-2-5-10-9(4-1)8-11-12(10)6-3-7-13-11/h1-2,4,8,10H,3,5-7H2. The van der Waals surface area contributed by atoms with Gasteiger partial charge in [-0.15, -0.1) is 0 Å². The van der Waals surface area contributed by atoms with Gasteiger partial charge in [0.05, 0.1) is 12.6 Å². The molecule has 1 atom stereocenters. The van der Waals surface area contributed by atoms with E-state index in [0.717, 1.165) is 31.9 Å². The molecule has 13 heavy (non-hydrogen) atoms. The van der Waals surface area contributed by atoms with Gasteiger partial charge in [-0.05, 0) is 18.4 Å². The summed E-state index contributed by atoms with van der Waals surface area (Å²) in [6.45, 7) is 2.04. The predicted molar refractivity (Wildman–Crippen MR) is 51.0 cm³/mol. The van der Waals surface area contributed by atoms with E-state index in [1.807, 2.05) is 0 Å². The summed E-state index contributed by atoms with van der Waals surface area (Å²) >= 11 is 0. The molecule has 2 aliphatic heterocycles. The van der Waals surface area contributed by atoms with Gasteiger partial charge in [0.25, 0.3) is 0 Å². The molecule has 0 spiro atoms. The van der Waals surface area contributed by atoms with Gasteiger partial charge in [0.2, 0.25) is 0 Å². The molecular formula is C11H13NO. The second kappa shape index (κ2) is 2.66. The maximum atomic E-state index is 5.61. The lowest BCUT2D eigenvalue weighted by atomic mass is 10.0. The molecule has 1 fully saturated rings. The van der Waals surface area contributed by atoms with Gasteiger partial charge in [0.15, 0.2) is 5.88 Å². The lowest BCUT2D eigenvalue weighted by molar-refractivity contribution is 0.0589. The van der Waals surface area contributed by atoms with Crippen LogP contribution in [0.15, 0.2) is 35.8 Å². The summed E-state index contributed by atoms with van der Waals surface area (Å²) in [4.78, 5) is 2.39. The van der Waals surface area contributed by atoms with Crippen LogP contribution in [0.2, 0.25) is 0 Å². The van der Waals surface area contributed by atoms with Crippen LogP contribution in [0.25, 0.3) is 0 Å².